The first-order valence-electron chi connectivity index (χ1n) is 11.0. The average molecular weight is 528 g/mol. The van der Waals surface area contributed by atoms with Crippen LogP contribution >= 0.6 is 23.2 Å². The van der Waals surface area contributed by atoms with E-state index in [2.05, 4.69) is 5.32 Å². The fourth-order valence-corrected chi connectivity index (χ4v) is 4.22. The van der Waals surface area contributed by atoms with Crippen LogP contribution in [-0.2, 0) is 11.2 Å². The van der Waals surface area contributed by atoms with Crippen molar-refractivity contribution in [1.82, 2.24) is 5.32 Å². The van der Waals surface area contributed by atoms with Crippen molar-refractivity contribution in [2.45, 2.75) is 6.42 Å². The molecule has 1 aromatic heterocycles. The molecule has 4 rings (SSSR count). The van der Waals surface area contributed by atoms with Gasteiger partial charge in [0.05, 0.1) is 24.6 Å². The van der Waals surface area contributed by atoms with Gasteiger partial charge >= 0.3 is 0 Å². The van der Waals surface area contributed by atoms with Gasteiger partial charge in [-0.05, 0) is 36.2 Å². The van der Waals surface area contributed by atoms with Gasteiger partial charge in [-0.25, -0.2) is 0 Å². The second-order valence-electron chi connectivity index (χ2n) is 7.80. The van der Waals surface area contributed by atoms with Gasteiger partial charge in [-0.15, -0.1) is 0 Å². The summed E-state index contributed by atoms with van der Waals surface area (Å²) in [6, 6.07) is 17.5. The number of halogens is 2. The maximum absolute atomic E-state index is 13.3. The van der Waals surface area contributed by atoms with E-state index in [1.807, 2.05) is 24.3 Å². The Morgan fingerprint density at radius 1 is 0.972 bits per heavy atom. The molecule has 3 aromatic carbocycles. The number of fused-ring (bicyclic) bond motifs is 1. The average Bonchev–Trinajstić information content (AvgIpc) is 2.88. The van der Waals surface area contributed by atoms with Crippen molar-refractivity contribution >= 4 is 40.1 Å². The predicted octanol–water partition coefficient (Wildman–Crippen LogP) is 5.52. The van der Waals surface area contributed by atoms with Gasteiger partial charge in [0.15, 0.2) is 29.4 Å². The molecule has 0 spiro atoms. The third-order valence-corrected chi connectivity index (χ3v) is 5.94. The largest absolute Gasteiger partial charge is 0.493 e. The van der Waals surface area contributed by atoms with Crippen molar-refractivity contribution in [2.75, 3.05) is 27.4 Å². The molecule has 0 unspecified atom stereocenters. The second kappa shape index (κ2) is 11.4. The van der Waals surface area contributed by atoms with Crippen LogP contribution in [0.1, 0.15) is 5.56 Å². The monoisotopic (exact) mass is 527 g/mol. The van der Waals surface area contributed by atoms with Crippen LogP contribution in [0.2, 0.25) is 10.0 Å². The van der Waals surface area contributed by atoms with Gasteiger partial charge in [0, 0.05) is 17.1 Å². The van der Waals surface area contributed by atoms with E-state index >= 15 is 0 Å². The molecule has 0 radical (unpaired) electrons. The van der Waals surface area contributed by atoms with Crippen LogP contribution in [0.15, 0.2) is 69.9 Å². The first kappa shape index (κ1) is 25.4. The SMILES string of the molecule is COc1ccc(CCNC(=O)COc2c(-c3ccccc3)oc3c(Cl)cc(Cl)cc3c2=O)cc1OC. The minimum absolute atomic E-state index is 0.0953. The molecule has 36 heavy (non-hydrogen) atoms. The van der Waals surface area contributed by atoms with Crippen LogP contribution < -0.4 is 25.0 Å². The Kier molecular flexibility index (Phi) is 8.03. The minimum Gasteiger partial charge on any atom is -0.493 e. The summed E-state index contributed by atoms with van der Waals surface area (Å²) in [6.07, 6.45) is 0.566. The first-order valence-corrected chi connectivity index (χ1v) is 11.8. The highest BCUT2D eigenvalue weighted by atomic mass is 35.5. The molecular formula is C27H23Cl2NO6. The lowest BCUT2D eigenvalue weighted by molar-refractivity contribution is -0.123. The number of carbonyl (C=O) groups is 1. The maximum atomic E-state index is 13.3. The summed E-state index contributed by atoms with van der Waals surface area (Å²) in [5, 5.41) is 3.44. The highest BCUT2D eigenvalue weighted by molar-refractivity contribution is 6.38. The minimum atomic E-state index is -0.474. The zero-order valence-electron chi connectivity index (χ0n) is 19.6. The molecular weight excluding hydrogens is 505 g/mol. The Labute approximate surface area is 217 Å². The van der Waals surface area contributed by atoms with Crippen molar-refractivity contribution in [3.05, 3.63) is 86.5 Å². The molecule has 7 nitrogen and oxygen atoms in total. The van der Waals surface area contributed by atoms with Gasteiger partial charge in [-0.3, -0.25) is 9.59 Å². The summed E-state index contributed by atoms with van der Waals surface area (Å²) in [6.45, 7) is -0.0168. The van der Waals surface area contributed by atoms with E-state index in [-0.39, 0.29) is 39.1 Å². The van der Waals surface area contributed by atoms with E-state index in [1.54, 1.807) is 38.5 Å². The molecule has 0 atom stereocenters. The van der Waals surface area contributed by atoms with Gasteiger partial charge in [-0.2, -0.15) is 0 Å². The Balaban J connectivity index is 1.51. The number of hydrogen-bond acceptors (Lipinski definition) is 6. The van der Waals surface area contributed by atoms with Gasteiger partial charge in [-0.1, -0.05) is 59.6 Å². The van der Waals surface area contributed by atoms with Crippen molar-refractivity contribution in [2.24, 2.45) is 0 Å². The Morgan fingerprint density at radius 2 is 1.72 bits per heavy atom. The van der Waals surface area contributed by atoms with Crippen LogP contribution in [0.4, 0.5) is 0 Å². The number of nitrogens with one attached hydrogen (secondary N) is 1. The lowest BCUT2D eigenvalue weighted by Crippen LogP contribution is -2.31. The standard InChI is InChI=1S/C27H23Cl2NO6/c1-33-21-9-8-16(12-22(21)34-2)10-11-30-23(31)15-35-27-24(32)19-13-18(28)14-20(29)26(19)36-25(27)17-6-4-3-5-7-17/h3-9,12-14H,10-11,15H2,1-2H3,(H,30,31). The number of amides is 1. The van der Waals surface area contributed by atoms with Crippen molar-refractivity contribution < 1.29 is 23.4 Å². The summed E-state index contributed by atoms with van der Waals surface area (Å²) in [5.41, 5.74) is 1.28. The quantitative estimate of drug-likeness (QED) is 0.308. The van der Waals surface area contributed by atoms with Crippen molar-refractivity contribution in [3.8, 4) is 28.6 Å². The van der Waals surface area contributed by atoms with E-state index in [0.717, 1.165) is 5.56 Å². The molecule has 9 heteroatoms. The van der Waals surface area contributed by atoms with E-state index in [0.29, 0.717) is 30.0 Å². The van der Waals surface area contributed by atoms with E-state index in [9.17, 15) is 9.59 Å². The number of hydrogen-bond donors (Lipinski definition) is 1. The van der Waals surface area contributed by atoms with Crippen LogP contribution in [0.3, 0.4) is 0 Å². The lowest BCUT2D eigenvalue weighted by atomic mass is 10.1. The third kappa shape index (κ3) is 5.58. The summed E-state index contributed by atoms with van der Waals surface area (Å²) >= 11 is 12.4. The molecule has 4 aromatic rings. The Hall–Kier alpha value is -3.68. The highest BCUT2D eigenvalue weighted by Crippen LogP contribution is 2.35. The maximum Gasteiger partial charge on any atom is 0.257 e. The van der Waals surface area contributed by atoms with Crippen molar-refractivity contribution in [3.63, 3.8) is 0 Å². The van der Waals surface area contributed by atoms with Gasteiger partial charge in [0.2, 0.25) is 11.2 Å². The molecule has 0 saturated heterocycles. The predicted molar refractivity (Wildman–Crippen MR) is 140 cm³/mol. The first-order chi connectivity index (χ1) is 17.4. The topological polar surface area (TPSA) is 87.0 Å². The zero-order chi connectivity index (χ0) is 25.7. The number of rotatable bonds is 9. The molecule has 0 saturated carbocycles. The number of methoxy groups -OCH3 is 2. The smallest absolute Gasteiger partial charge is 0.257 e. The van der Waals surface area contributed by atoms with Crippen LogP contribution in [0.5, 0.6) is 17.2 Å². The summed E-state index contributed by atoms with van der Waals surface area (Å²) in [5.74, 6) is 0.932. The summed E-state index contributed by atoms with van der Waals surface area (Å²) < 4.78 is 22.2. The number of carbonyl (C=O) groups excluding carboxylic acids is 1. The van der Waals surface area contributed by atoms with E-state index in [4.69, 9.17) is 41.8 Å². The molecule has 0 aliphatic carbocycles. The summed E-state index contributed by atoms with van der Waals surface area (Å²) in [7, 11) is 3.13. The molecule has 1 N–H and O–H groups in total. The third-order valence-electron chi connectivity index (χ3n) is 5.44. The number of ether oxygens (including phenoxy) is 3. The molecule has 0 aliphatic rings. The van der Waals surface area contributed by atoms with Gasteiger partial charge < -0.3 is 23.9 Å². The second-order valence-corrected chi connectivity index (χ2v) is 8.64. The summed E-state index contributed by atoms with van der Waals surface area (Å²) in [4.78, 5) is 25.8. The van der Waals surface area contributed by atoms with Gasteiger partial charge in [0.25, 0.3) is 5.91 Å². The van der Waals surface area contributed by atoms with Crippen LogP contribution in [0.25, 0.3) is 22.3 Å². The molecule has 0 aliphatic heterocycles. The Bertz CT molecular complexity index is 1450. The molecule has 0 fully saturated rings. The van der Waals surface area contributed by atoms with Crippen molar-refractivity contribution in [1.29, 1.82) is 0 Å². The molecule has 1 amide bonds. The fourth-order valence-electron chi connectivity index (χ4n) is 3.69. The molecule has 1 heterocycles. The highest BCUT2D eigenvalue weighted by Gasteiger charge is 2.20. The fraction of sp³-hybridized carbons (Fsp3) is 0.185. The zero-order valence-corrected chi connectivity index (χ0v) is 21.1. The molecule has 186 valence electrons. The van der Waals surface area contributed by atoms with E-state index < -0.39 is 11.3 Å². The van der Waals surface area contributed by atoms with E-state index in [1.165, 1.54) is 12.1 Å². The number of benzene rings is 3. The van der Waals surface area contributed by atoms with Crippen LogP contribution in [-0.4, -0.2) is 33.3 Å². The van der Waals surface area contributed by atoms with Gasteiger partial charge in [0.1, 0.15) is 0 Å². The van der Waals surface area contributed by atoms with Crippen LogP contribution in [0, 0.1) is 0 Å². The lowest BCUT2D eigenvalue weighted by Gasteiger charge is -2.13. The molecule has 0 bridgehead atoms. The Morgan fingerprint density at radius 3 is 2.44 bits per heavy atom. The normalized spacial score (nSPS) is 10.8.